The molecule has 2 heterocycles. The molecule has 6 heteroatoms. The molecule has 0 radical (unpaired) electrons. The summed E-state index contributed by atoms with van der Waals surface area (Å²) >= 11 is 1.42. The highest BCUT2D eigenvalue weighted by molar-refractivity contribution is 7.22. The lowest BCUT2D eigenvalue weighted by atomic mass is 10.1. The first-order chi connectivity index (χ1) is 11.6. The summed E-state index contributed by atoms with van der Waals surface area (Å²) in [7, 11) is 0. The summed E-state index contributed by atoms with van der Waals surface area (Å²) in [6.07, 6.45) is 0. The Morgan fingerprint density at radius 2 is 1.92 bits per heavy atom. The number of aromatic nitrogens is 1. The van der Waals surface area contributed by atoms with Crippen molar-refractivity contribution in [1.82, 2.24) is 4.98 Å². The van der Waals surface area contributed by atoms with Gasteiger partial charge in [0.05, 0.1) is 21.3 Å². The fourth-order valence-corrected chi connectivity index (χ4v) is 3.45. The molecule has 0 aliphatic rings. The van der Waals surface area contributed by atoms with Gasteiger partial charge in [-0.2, -0.15) is 0 Å². The lowest BCUT2D eigenvalue weighted by Crippen LogP contribution is -2.12. The summed E-state index contributed by atoms with van der Waals surface area (Å²) < 4.78 is 6.29. The third-order valence-electron chi connectivity index (χ3n) is 3.69. The molecule has 118 valence electrons. The molecule has 0 bridgehead atoms. The molecular formula is C18H12N2O3S. The molecule has 2 aromatic heterocycles. The average molecular weight is 336 g/mol. The first kappa shape index (κ1) is 14.6. The molecule has 0 saturated heterocycles. The second kappa shape index (κ2) is 5.58. The lowest BCUT2D eigenvalue weighted by molar-refractivity contribution is 0.466. The fourth-order valence-electron chi connectivity index (χ4n) is 2.56. The molecule has 0 aliphatic carbocycles. The highest BCUT2D eigenvalue weighted by atomic mass is 32.1. The SMILES string of the molecule is CC(=Nc1nc2ccccc2s1)c1c(O)c2ccccc2oc1=O. The van der Waals surface area contributed by atoms with Gasteiger partial charge in [-0.1, -0.05) is 35.6 Å². The number of hydrogen-bond acceptors (Lipinski definition) is 6. The van der Waals surface area contributed by atoms with E-state index in [1.807, 2.05) is 24.3 Å². The molecule has 2 aromatic carbocycles. The molecular weight excluding hydrogens is 324 g/mol. The van der Waals surface area contributed by atoms with Gasteiger partial charge in [-0.05, 0) is 31.2 Å². The largest absolute Gasteiger partial charge is 0.506 e. The Hall–Kier alpha value is -2.99. The van der Waals surface area contributed by atoms with E-state index in [1.165, 1.54) is 11.3 Å². The predicted octanol–water partition coefficient (Wildman–Crippen LogP) is 4.25. The van der Waals surface area contributed by atoms with E-state index in [0.29, 0.717) is 21.8 Å². The van der Waals surface area contributed by atoms with E-state index in [4.69, 9.17) is 4.42 Å². The summed E-state index contributed by atoms with van der Waals surface area (Å²) in [5.41, 5.74) is 1.01. The van der Waals surface area contributed by atoms with E-state index in [1.54, 1.807) is 31.2 Å². The molecule has 1 N–H and O–H groups in total. The van der Waals surface area contributed by atoms with Crippen molar-refractivity contribution in [3.05, 3.63) is 64.5 Å². The number of nitrogens with zero attached hydrogens (tertiary/aromatic N) is 2. The summed E-state index contributed by atoms with van der Waals surface area (Å²) in [5, 5.41) is 11.5. The van der Waals surface area contributed by atoms with Crippen molar-refractivity contribution in [2.75, 3.05) is 0 Å². The molecule has 0 unspecified atom stereocenters. The van der Waals surface area contributed by atoms with Crippen LogP contribution in [-0.2, 0) is 0 Å². The molecule has 0 saturated carbocycles. The van der Waals surface area contributed by atoms with Crippen molar-refractivity contribution in [3.63, 3.8) is 0 Å². The third kappa shape index (κ3) is 2.37. The normalized spacial score (nSPS) is 12.1. The van der Waals surface area contributed by atoms with E-state index >= 15 is 0 Å². The van der Waals surface area contributed by atoms with Crippen molar-refractivity contribution in [1.29, 1.82) is 0 Å². The zero-order valence-electron chi connectivity index (χ0n) is 12.7. The summed E-state index contributed by atoms with van der Waals surface area (Å²) in [6.45, 7) is 1.66. The van der Waals surface area contributed by atoms with Gasteiger partial charge in [-0.3, -0.25) is 0 Å². The van der Waals surface area contributed by atoms with Gasteiger partial charge in [0.2, 0.25) is 5.13 Å². The molecule has 4 rings (SSSR count). The molecule has 5 nitrogen and oxygen atoms in total. The standard InChI is InChI=1S/C18H12N2O3S/c1-10(19-18-20-12-7-3-5-9-14(12)24-18)15-16(21)11-6-2-4-8-13(11)23-17(15)22/h2-9,21H,1H3. The molecule has 4 aromatic rings. The van der Waals surface area contributed by atoms with Crippen molar-refractivity contribution in [3.8, 4) is 5.75 Å². The van der Waals surface area contributed by atoms with Crippen LogP contribution in [0, 0.1) is 0 Å². The minimum atomic E-state index is -0.617. The molecule has 0 fully saturated rings. The van der Waals surface area contributed by atoms with Gasteiger partial charge in [-0.25, -0.2) is 14.8 Å². The van der Waals surface area contributed by atoms with Crippen LogP contribution >= 0.6 is 11.3 Å². The zero-order chi connectivity index (χ0) is 16.7. The van der Waals surface area contributed by atoms with Gasteiger partial charge in [0, 0.05) is 0 Å². The lowest BCUT2D eigenvalue weighted by Gasteiger charge is -2.05. The predicted molar refractivity (Wildman–Crippen MR) is 95.6 cm³/mol. The van der Waals surface area contributed by atoms with Gasteiger partial charge in [0.25, 0.3) is 0 Å². The Kier molecular flexibility index (Phi) is 3.39. The monoisotopic (exact) mass is 336 g/mol. The number of benzene rings is 2. The fraction of sp³-hybridized carbons (Fsp3) is 0.0556. The first-order valence-electron chi connectivity index (χ1n) is 7.29. The Balaban J connectivity index is 1.88. The Labute approximate surface area is 140 Å². The van der Waals surface area contributed by atoms with E-state index in [0.717, 1.165) is 10.2 Å². The van der Waals surface area contributed by atoms with Crippen LogP contribution in [0.4, 0.5) is 5.13 Å². The Morgan fingerprint density at radius 1 is 1.17 bits per heavy atom. The quantitative estimate of drug-likeness (QED) is 0.438. The number of aliphatic imine (C=N–C) groups is 1. The van der Waals surface area contributed by atoms with Crippen molar-refractivity contribution in [2.45, 2.75) is 6.92 Å². The van der Waals surface area contributed by atoms with Crippen LogP contribution in [0.3, 0.4) is 0 Å². The van der Waals surface area contributed by atoms with E-state index in [9.17, 15) is 9.90 Å². The van der Waals surface area contributed by atoms with Crippen LogP contribution in [0.5, 0.6) is 5.75 Å². The van der Waals surface area contributed by atoms with Gasteiger partial charge >= 0.3 is 5.63 Å². The maximum atomic E-state index is 12.2. The smallest absolute Gasteiger partial charge is 0.349 e. The van der Waals surface area contributed by atoms with E-state index in [2.05, 4.69) is 9.98 Å². The van der Waals surface area contributed by atoms with Crippen molar-refractivity contribution in [2.24, 2.45) is 4.99 Å². The Morgan fingerprint density at radius 3 is 2.75 bits per heavy atom. The maximum Gasteiger partial charge on any atom is 0.349 e. The van der Waals surface area contributed by atoms with Crippen LogP contribution in [0.15, 0.2) is 62.7 Å². The third-order valence-corrected chi connectivity index (χ3v) is 4.62. The van der Waals surface area contributed by atoms with Crippen LogP contribution in [-0.4, -0.2) is 15.8 Å². The number of hydrogen-bond donors (Lipinski definition) is 1. The van der Waals surface area contributed by atoms with Crippen molar-refractivity contribution >= 4 is 43.4 Å². The summed E-state index contributed by atoms with van der Waals surface area (Å²) in [6, 6.07) is 14.6. The maximum absolute atomic E-state index is 12.2. The second-order valence-electron chi connectivity index (χ2n) is 5.27. The van der Waals surface area contributed by atoms with Crippen LogP contribution in [0.1, 0.15) is 12.5 Å². The second-order valence-corrected chi connectivity index (χ2v) is 6.28. The highest BCUT2D eigenvalue weighted by Gasteiger charge is 2.16. The average Bonchev–Trinajstić information content (AvgIpc) is 2.97. The zero-order valence-corrected chi connectivity index (χ0v) is 13.5. The molecule has 0 spiro atoms. The number of thiazole rings is 1. The number of para-hydroxylation sites is 2. The number of fused-ring (bicyclic) bond motifs is 2. The number of rotatable bonds is 2. The minimum absolute atomic E-state index is 0.0629. The molecule has 0 atom stereocenters. The van der Waals surface area contributed by atoms with Crippen LogP contribution in [0.2, 0.25) is 0 Å². The van der Waals surface area contributed by atoms with Crippen LogP contribution in [0.25, 0.3) is 21.2 Å². The highest BCUT2D eigenvalue weighted by Crippen LogP contribution is 2.30. The van der Waals surface area contributed by atoms with Crippen molar-refractivity contribution < 1.29 is 9.52 Å². The van der Waals surface area contributed by atoms with Gasteiger partial charge in [-0.15, -0.1) is 0 Å². The Bertz CT molecular complexity index is 1120. The molecule has 0 amide bonds. The summed E-state index contributed by atoms with van der Waals surface area (Å²) in [5.74, 6) is -0.121. The molecule has 0 aliphatic heterocycles. The van der Waals surface area contributed by atoms with Crippen LogP contribution < -0.4 is 5.63 Å². The first-order valence-corrected chi connectivity index (χ1v) is 8.11. The molecule has 24 heavy (non-hydrogen) atoms. The van der Waals surface area contributed by atoms with Gasteiger partial charge in [0.15, 0.2) is 0 Å². The van der Waals surface area contributed by atoms with Gasteiger partial charge in [0.1, 0.15) is 16.9 Å². The topological polar surface area (TPSA) is 75.7 Å². The van der Waals surface area contributed by atoms with Gasteiger partial charge < -0.3 is 9.52 Å². The number of aromatic hydroxyl groups is 1. The van der Waals surface area contributed by atoms with E-state index < -0.39 is 5.63 Å². The minimum Gasteiger partial charge on any atom is -0.506 e. The summed E-state index contributed by atoms with van der Waals surface area (Å²) in [4.78, 5) is 21.0. The van der Waals surface area contributed by atoms with E-state index in [-0.39, 0.29) is 11.3 Å².